The van der Waals surface area contributed by atoms with Crippen molar-refractivity contribution in [3.05, 3.63) is 48.7 Å². The van der Waals surface area contributed by atoms with Gasteiger partial charge < -0.3 is 24.3 Å². The molecule has 2 fully saturated rings. The SMILES string of the molecule is COCCCOc1nn([C@H]2CC[C@H](N3C[C@@H](C)O[C@@H](C)C3)CC2)cc1Nc1ncc(-c2ccc(C#N)c(O[C@@H](C)Cn3cnnn3)c2)cn1.Cl. The standard InChI is InChI=1S/C34H45N11O4.ClH/c1-23-18-43(19-24(2)48-23)29-8-10-30(11-9-29)45-21-31(33(40-45)47-13-5-12-46-4)39-34-36-16-28(17-37-34)26-6-7-27(15-35)32(14-26)49-25(3)20-44-22-38-41-42-44;/h6-7,14,16-17,21-25,29-30H,5,8-13,18-20H2,1-4H3,(H,36,37,39);1H/t23-,24+,25-,29-,30-;/m0./s1. The Labute approximate surface area is 298 Å². The molecule has 1 N–H and O–H groups in total. The number of nitrogens with one attached hydrogen (secondary N) is 1. The van der Waals surface area contributed by atoms with Gasteiger partial charge in [0.1, 0.15) is 29.9 Å². The van der Waals surface area contributed by atoms with E-state index in [1.807, 2.05) is 29.9 Å². The van der Waals surface area contributed by atoms with Gasteiger partial charge in [-0.15, -0.1) is 22.6 Å². The van der Waals surface area contributed by atoms with E-state index in [0.29, 0.717) is 54.6 Å². The summed E-state index contributed by atoms with van der Waals surface area (Å²) in [6.45, 7) is 9.75. The minimum atomic E-state index is -0.270. The highest BCUT2D eigenvalue weighted by molar-refractivity contribution is 5.85. The lowest BCUT2D eigenvalue weighted by Crippen LogP contribution is -2.51. The molecule has 0 amide bonds. The third-order valence-corrected chi connectivity index (χ3v) is 8.93. The van der Waals surface area contributed by atoms with Gasteiger partial charge >= 0.3 is 0 Å². The number of halogens is 1. The highest BCUT2D eigenvalue weighted by Crippen LogP contribution is 2.35. The van der Waals surface area contributed by atoms with Gasteiger partial charge in [-0.2, -0.15) is 5.26 Å². The van der Waals surface area contributed by atoms with Gasteiger partial charge in [-0.3, -0.25) is 9.58 Å². The van der Waals surface area contributed by atoms with Crippen molar-refractivity contribution in [3.8, 4) is 28.8 Å². The molecule has 2 aliphatic rings. The van der Waals surface area contributed by atoms with Gasteiger partial charge in [0.25, 0.3) is 5.88 Å². The van der Waals surface area contributed by atoms with E-state index in [9.17, 15) is 5.26 Å². The van der Waals surface area contributed by atoms with Crippen LogP contribution in [0.1, 0.15) is 64.5 Å². The Hall–Kier alpha value is -4.36. The first-order valence-electron chi connectivity index (χ1n) is 17.0. The Bertz CT molecular complexity index is 1660. The van der Waals surface area contributed by atoms with Crippen molar-refractivity contribution < 1.29 is 18.9 Å². The third kappa shape index (κ3) is 9.45. The predicted octanol–water partition coefficient (Wildman–Crippen LogP) is 4.84. The maximum Gasteiger partial charge on any atom is 0.256 e. The average molecular weight is 708 g/mol. The number of aromatic nitrogens is 8. The molecule has 6 rings (SSSR count). The van der Waals surface area contributed by atoms with Crippen molar-refractivity contribution in [2.75, 3.05) is 38.7 Å². The zero-order valence-electron chi connectivity index (χ0n) is 29.0. The van der Waals surface area contributed by atoms with Crippen molar-refractivity contribution in [2.24, 2.45) is 0 Å². The first-order valence-corrected chi connectivity index (χ1v) is 17.0. The Morgan fingerprint density at radius 1 is 1.04 bits per heavy atom. The van der Waals surface area contributed by atoms with Crippen LogP contribution in [0.15, 0.2) is 43.1 Å². The number of methoxy groups -OCH3 is 1. The fourth-order valence-corrected chi connectivity index (χ4v) is 6.67. The summed E-state index contributed by atoms with van der Waals surface area (Å²) in [5, 5.41) is 29.1. The number of benzene rings is 1. The van der Waals surface area contributed by atoms with Gasteiger partial charge in [-0.1, -0.05) is 6.07 Å². The minimum absolute atomic E-state index is 0. The molecule has 1 aromatic carbocycles. The van der Waals surface area contributed by atoms with E-state index in [2.05, 4.69) is 55.6 Å². The molecule has 15 nitrogen and oxygen atoms in total. The predicted molar refractivity (Wildman–Crippen MR) is 188 cm³/mol. The number of hydrogen-bond acceptors (Lipinski definition) is 13. The molecule has 50 heavy (non-hydrogen) atoms. The quantitative estimate of drug-likeness (QED) is 0.177. The molecule has 0 radical (unpaired) electrons. The zero-order chi connectivity index (χ0) is 34.2. The maximum absolute atomic E-state index is 9.67. The summed E-state index contributed by atoms with van der Waals surface area (Å²) in [5.74, 6) is 1.41. The number of anilines is 2. The van der Waals surface area contributed by atoms with Crippen LogP contribution in [0, 0.1) is 11.3 Å². The molecular weight excluding hydrogens is 662 g/mol. The molecular formula is C34H46ClN11O4. The number of nitrogens with zero attached hydrogens (tertiary/aromatic N) is 10. The minimum Gasteiger partial charge on any atom is -0.487 e. The van der Waals surface area contributed by atoms with Crippen molar-refractivity contribution >= 4 is 24.0 Å². The van der Waals surface area contributed by atoms with Gasteiger partial charge in [0.05, 0.1) is 43.2 Å². The molecule has 1 saturated heterocycles. The fourth-order valence-electron chi connectivity index (χ4n) is 6.67. The van der Waals surface area contributed by atoms with Crippen molar-refractivity contribution in [1.29, 1.82) is 5.26 Å². The van der Waals surface area contributed by atoms with Crippen LogP contribution in [-0.4, -0.2) is 103 Å². The number of hydrogen-bond donors (Lipinski definition) is 1. The third-order valence-electron chi connectivity index (χ3n) is 8.93. The van der Waals surface area contributed by atoms with E-state index >= 15 is 0 Å². The van der Waals surface area contributed by atoms with Gasteiger partial charge in [0, 0.05) is 57.2 Å². The highest BCUT2D eigenvalue weighted by atomic mass is 35.5. The lowest BCUT2D eigenvalue weighted by molar-refractivity contribution is -0.0852. The molecule has 4 heterocycles. The first-order chi connectivity index (χ1) is 23.9. The van der Waals surface area contributed by atoms with Crippen LogP contribution in [0.4, 0.5) is 11.6 Å². The van der Waals surface area contributed by atoms with Crippen LogP contribution in [-0.2, 0) is 16.0 Å². The lowest BCUT2D eigenvalue weighted by Gasteiger charge is -2.42. The van der Waals surface area contributed by atoms with Gasteiger partial charge in [-0.05, 0) is 74.6 Å². The molecule has 268 valence electrons. The molecule has 1 saturated carbocycles. The maximum atomic E-state index is 9.67. The second-order valence-corrected chi connectivity index (χ2v) is 12.9. The van der Waals surface area contributed by atoms with E-state index in [4.69, 9.17) is 24.0 Å². The summed E-state index contributed by atoms with van der Waals surface area (Å²) < 4.78 is 27.0. The molecule has 0 unspecified atom stereocenters. The highest BCUT2D eigenvalue weighted by Gasteiger charge is 2.32. The lowest BCUT2D eigenvalue weighted by atomic mass is 9.89. The van der Waals surface area contributed by atoms with E-state index < -0.39 is 0 Å². The summed E-state index contributed by atoms with van der Waals surface area (Å²) in [7, 11) is 1.68. The normalized spacial score (nSPS) is 21.5. The Morgan fingerprint density at radius 2 is 1.78 bits per heavy atom. The molecule has 0 spiro atoms. The number of morpholine rings is 1. The van der Waals surface area contributed by atoms with E-state index in [-0.39, 0.29) is 36.8 Å². The number of ether oxygens (including phenoxy) is 4. The summed E-state index contributed by atoms with van der Waals surface area (Å²) in [6.07, 6.45) is 12.4. The van der Waals surface area contributed by atoms with Crippen LogP contribution >= 0.6 is 12.4 Å². The van der Waals surface area contributed by atoms with Gasteiger partial charge in [-0.25, -0.2) is 14.6 Å². The van der Waals surface area contributed by atoms with E-state index in [0.717, 1.165) is 56.3 Å². The van der Waals surface area contributed by atoms with Crippen molar-refractivity contribution in [1.82, 2.24) is 44.9 Å². The molecule has 3 atom stereocenters. The largest absolute Gasteiger partial charge is 0.487 e. The van der Waals surface area contributed by atoms with Gasteiger partial charge in [0.2, 0.25) is 5.95 Å². The number of tetrazole rings is 1. The Kier molecular flexibility index (Phi) is 12.9. The van der Waals surface area contributed by atoms with Crippen molar-refractivity contribution in [3.63, 3.8) is 0 Å². The molecule has 0 bridgehead atoms. The van der Waals surface area contributed by atoms with Crippen LogP contribution in [0.25, 0.3) is 11.1 Å². The second kappa shape index (κ2) is 17.5. The van der Waals surface area contributed by atoms with Crippen molar-refractivity contribution in [2.45, 2.75) is 89.8 Å². The van der Waals surface area contributed by atoms with Gasteiger partial charge in [0.15, 0.2) is 0 Å². The fraction of sp³-hybridized carbons (Fsp3) is 0.559. The molecule has 1 aliphatic heterocycles. The van der Waals surface area contributed by atoms with Crippen LogP contribution < -0.4 is 14.8 Å². The molecule has 16 heteroatoms. The summed E-state index contributed by atoms with van der Waals surface area (Å²) in [4.78, 5) is 11.8. The first kappa shape index (κ1) is 36.9. The number of rotatable bonds is 14. The summed E-state index contributed by atoms with van der Waals surface area (Å²) >= 11 is 0. The Balaban J connectivity index is 0.00000486. The average Bonchev–Trinajstić information content (AvgIpc) is 3.76. The van der Waals surface area contributed by atoms with Crippen LogP contribution in [0.2, 0.25) is 0 Å². The molecule has 3 aromatic heterocycles. The molecule has 4 aromatic rings. The Morgan fingerprint density at radius 3 is 2.46 bits per heavy atom. The molecule has 1 aliphatic carbocycles. The zero-order valence-corrected chi connectivity index (χ0v) is 29.8. The van der Waals surface area contributed by atoms with E-state index in [1.165, 1.54) is 6.33 Å². The summed E-state index contributed by atoms with van der Waals surface area (Å²) in [6, 6.07) is 8.48. The second-order valence-electron chi connectivity index (χ2n) is 12.9. The topological polar surface area (TPSA) is 163 Å². The number of nitriles is 1. The van der Waals surface area contributed by atoms with E-state index in [1.54, 1.807) is 30.3 Å². The smallest absolute Gasteiger partial charge is 0.256 e. The van der Waals surface area contributed by atoms with Crippen LogP contribution in [0.3, 0.4) is 0 Å². The van der Waals surface area contributed by atoms with Crippen LogP contribution in [0.5, 0.6) is 11.6 Å². The monoisotopic (exact) mass is 707 g/mol. The summed E-state index contributed by atoms with van der Waals surface area (Å²) in [5.41, 5.74) is 2.75.